The molecule has 0 bridgehead atoms. The van der Waals surface area contributed by atoms with Crippen molar-refractivity contribution in [3.8, 4) is 0 Å². The molecule has 0 unspecified atom stereocenters. The zero-order valence-electron chi connectivity index (χ0n) is 16.2. The van der Waals surface area contributed by atoms with E-state index in [-0.39, 0.29) is 92.5 Å². The molecule has 0 amide bonds. The van der Waals surface area contributed by atoms with Crippen molar-refractivity contribution in [2.24, 2.45) is 0 Å². The van der Waals surface area contributed by atoms with Gasteiger partial charge in [0.1, 0.15) is 0 Å². The van der Waals surface area contributed by atoms with Crippen LogP contribution in [0.4, 0.5) is 0 Å². The van der Waals surface area contributed by atoms with E-state index in [1.54, 1.807) is 0 Å². The lowest BCUT2D eigenvalue weighted by Gasteiger charge is -1.70. The van der Waals surface area contributed by atoms with Gasteiger partial charge < -0.3 is 71.5 Å². The van der Waals surface area contributed by atoms with Crippen LogP contribution >= 0.6 is 0 Å². The van der Waals surface area contributed by atoms with Crippen LogP contribution in [0, 0.1) is 0 Å². The number of hydrogen-bond donors (Lipinski definition) is 14. The highest BCUT2D eigenvalue weighted by Gasteiger charge is 1.60. The number of aliphatic hydroxyl groups excluding tert-OH is 14. The molecule has 0 aromatic carbocycles. The van der Waals surface area contributed by atoms with E-state index >= 15 is 0 Å². The largest absolute Gasteiger partial charge is 0.394 e. The van der Waals surface area contributed by atoms with E-state index in [0.717, 1.165) is 0 Å². The van der Waals surface area contributed by atoms with E-state index in [4.69, 9.17) is 71.5 Å². The van der Waals surface area contributed by atoms with Crippen molar-refractivity contribution >= 4 is 0 Å². The highest BCUT2D eigenvalue weighted by Crippen LogP contribution is 1.42. The van der Waals surface area contributed by atoms with Crippen molar-refractivity contribution < 1.29 is 71.5 Å². The molecule has 14 heteroatoms. The topological polar surface area (TPSA) is 283 Å². The zero-order valence-corrected chi connectivity index (χ0v) is 16.2. The molecule has 14 N–H and O–H groups in total. The fourth-order valence-corrected chi connectivity index (χ4v) is 0. The van der Waals surface area contributed by atoms with Gasteiger partial charge in [-0.1, -0.05) is 0 Å². The summed E-state index contributed by atoms with van der Waals surface area (Å²) in [4.78, 5) is 0. The minimum atomic E-state index is -0.125. The third-order valence-corrected chi connectivity index (χ3v) is 0.700. The van der Waals surface area contributed by atoms with E-state index < -0.39 is 0 Å². The smallest absolute Gasteiger partial charge is 0.0662 e. The second kappa shape index (κ2) is 94.7. The van der Waals surface area contributed by atoms with Gasteiger partial charge in [0.25, 0.3) is 0 Å². The minimum absolute atomic E-state index is 0.125. The Morgan fingerprint density at radius 1 is 0.143 bits per heavy atom. The van der Waals surface area contributed by atoms with Gasteiger partial charge >= 0.3 is 0 Å². The van der Waals surface area contributed by atoms with Gasteiger partial charge in [0, 0.05) is 0 Å². The lowest BCUT2D eigenvalue weighted by atomic mass is 10.8. The summed E-state index contributed by atoms with van der Waals surface area (Å²) in [6.45, 7) is -1.75. The first kappa shape index (κ1) is 45.9. The Labute approximate surface area is 165 Å². The normalized spacial score (nSPS) is 7.50. The molecule has 0 heterocycles. The highest BCUT2D eigenvalue weighted by molar-refractivity contribution is 4.08. The Kier molecular flexibility index (Phi) is 155. The highest BCUT2D eigenvalue weighted by atomic mass is 16.3. The van der Waals surface area contributed by atoms with Gasteiger partial charge in [0.05, 0.1) is 92.5 Å². The summed E-state index contributed by atoms with van der Waals surface area (Å²) in [5, 5.41) is 107. The molecule has 0 fully saturated rings. The molecule has 14 nitrogen and oxygen atoms in total. The second-order valence-corrected chi connectivity index (χ2v) is 3.13. The van der Waals surface area contributed by atoms with Gasteiger partial charge in [-0.2, -0.15) is 0 Å². The Hall–Kier alpha value is -0.560. The van der Waals surface area contributed by atoms with Gasteiger partial charge in [0.15, 0.2) is 0 Å². The summed E-state index contributed by atoms with van der Waals surface area (Å²) in [5.74, 6) is 0. The molecule has 0 rings (SSSR count). The van der Waals surface area contributed by atoms with Crippen LogP contribution < -0.4 is 0 Å². The molecule has 0 saturated carbocycles. The third kappa shape index (κ3) is 366. The Morgan fingerprint density at radius 3 is 0.179 bits per heavy atom. The van der Waals surface area contributed by atoms with Crippen LogP contribution in [-0.2, 0) is 0 Å². The van der Waals surface area contributed by atoms with E-state index in [1.165, 1.54) is 0 Å². The summed E-state index contributed by atoms with van der Waals surface area (Å²) in [6.07, 6.45) is 0. The lowest BCUT2D eigenvalue weighted by molar-refractivity contribution is 0.186. The van der Waals surface area contributed by atoms with Crippen LogP contribution in [0.25, 0.3) is 0 Å². The maximum Gasteiger partial charge on any atom is 0.0662 e. The molecule has 0 aromatic rings. The average Bonchev–Trinajstić information content (AvgIpc) is 2.79. The fourth-order valence-electron chi connectivity index (χ4n) is 0. The first-order valence-electron chi connectivity index (χ1n) is 7.93. The molecular formula is C14H42O14. The summed E-state index contributed by atoms with van der Waals surface area (Å²) in [6, 6.07) is 0. The van der Waals surface area contributed by atoms with Crippen molar-refractivity contribution in [3.63, 3.8) is 0 Å². The quantitative estimate of drug-likeness (QED) is 0.177. The second-order valence-electron chi connectivity index (χ2n) is 3.13. The summed E-state index contributed by atoms with van der Waals surface area (Å²) in [5.41, 5.74) is 0. The number of hydrogen-bond acceptors (Lipinski definition) is 14. The minimum Gasteiger partial charge on any atom is -0.394 e. The molecule has 0 aliphatic heterocycles. The summed E-state index contributed by atoms with van der Waals surface area (Å²) < 4.78 is 0. The van der Waals surface area contributed by atoms with Crippen molar-refractivity contribution in [2.75, 3.05) is 92.5 Å². The predicted octanol–water partition coefficient (Wildman–Crippen LogP) is -7.20. The van der Waals surface area contributed by atoms with Crippen molar-refractivity contribution in [1.82, 2.24) is 0 Å². The van der Waals surface area contributed by atoms with Gasteiger partial charge in [-0.25, -0.2) is 0 Å². The molecule has 0 saturated heterocycles. The average molecular weight is 434 g/mol. The van der Waals surface area contributed by atoms with Crippen LogP contribution in [0.15, 0.2) is 0 Å². The molecule has 0 spiro atoms. The van der Waals surface area contributed by atoms with Crippen LogP contribution in [0.1, 0.15) is 0 Å². The maximum atomic E-state index is 7.62. The summed E-state index contributed by atoms with van der Waals surface area (Å²) in [7, 11) is 0. The van der Waals surface area contributed by atoms with E-state index in [2.05, 4.69) is 0 Å². The Morgan fingerprint density at radius 2 is 0.179 bits per heavy atom. The van der Waals surface area contributed by atoms with Crippen molar-refractivity contribution in [2.45, 2.75) is 0 Å². The van der Waals surface area contributed by atoms with E-state index in [0.29, 0.717) is 0 Å². The molecule has 0 radical (unpaired) electrons. The molecule has 28 heavy (non-hydrogen) atoms. The Bertz CT molecular complexity index is 81.3. The van der Waals surface area contributed by atoms with Gasteiger partial charge in [-0.3, -0.25) is 0 Å². The SMILES string of the molecule is OCCO.OCCO.OCCO.OCCO.OCCO.OCCO.OCCO. The number of rotatable bonds is 7. The molecule has 182 valence electrons. The number of aliphatic hydroxyl groups is 14. The summed E-state index contributed by atoms with van der Waals surface area (Å²) >= 11 is 0. The van der Waals surface area contributed by atoms with E-state index in [1.807, 2.05) is 0 Å². The Balaban J connectivity index is -0.0000000367. The monoisotopic (exact) mass is 434 g/mol. The molecule has 0 atom stereocenters. The van der Waals surface area contributed by atoms with Crippen LogP contribution in [0.3, 0.4) is 0 Å². The molecule has 0 aromatic heterocycles. The molecule has 0 aliphatic carbocycles. The fraction of sp³-hybridized carbons (Fsp3) is 1.00. The van der Waals surface area contributed by atoms with E-state index in [9.17, 15) is 0 Å². The standard InChI is InChI=1S/7C2H6O2/c7*3-1-2-4/h7*3-4H,1-2H2. The lowest BCUT2D eigenvalue weighted by Crippen LogP contribution is -1.85. The molecular weight excluding hydrogens is 392 g/mol. The van der Waals surface area contributed by atoms with Gasteiger partial charge in [-0.15, -0.1) is 0 Å². The van der Waals surface area contributed by atoms with Crippen LogP contribution in [0.2, 0.25) is 0 Å². The van der Waals surface area contributed by atoms with Gasteiger partial charge in [0.2, 0.25) is 0 Å². The predicted molar refractivity (Wildman–Crippen MR) is 99.2 cm³/mol. The zero-order chi connectivity index (χ0) is 23.9. The van der Waals surface area contributed by atoms with Crippen molar-refractivity contribution in [1.29, 1.82) is 0 Å². The maximum absolute atomic E-state index is 7.62. The van der Waals surface area contributed by atoms with Crippen LogP contribution in [0.5, 0.6) is 0 Å². The van der Waals surface area contributed by atoms with Crippen LogP contribution in [-0.4, -0.2) is 164 Å². The molecule has 0 aliphatic rings. The first-order chi connectivity index (χ1) is 13.4. The third-order valence-electron chi connectivity index (χ3n) is 0.700. The van der Waals surface area contributed by atoms with Crippen molar-refractivity contribution in [3.05, 3.63) is 0 Å². The van der Waals surface area contributed by atoms with Gasteiger partial charge in [-0.05, 0) is 0 Å². The first-order valence-corrected chi connectivity index (χ1v) is 7.93.